The fourth-order valence-electron chi connectivity index (χ4n) is 3.44. The lowest BCUT2D eigenvalue weighted by atomic mass is 10.0. The van der Waals surface area contributed by atoms with Gasteiger partial charge in [0.2, 0.25) is 0 Å². The van der Waals surface area contributed by atoms with E-state index in [0.717, 1.165) is 34.1 Å². The van der Waals surface area contributed by atoms with E-state index >= 15 is 0 Å². The average molecular weight is 441 g/mol. The maximum atomic E-state index is 12.1. The van der Waals surface area contributed by atoms with Gasteiger partial charge in [-0.25, -0.2) is 4.79 Å². The Bertz CT molecular complexity index is 1290. The van der Waals surface area contributed by atoms with E-state index < -0.39 is 0 Å². The zero-order valence-electron chi connectivity index (χ0n) is 18.5. The number of fused-ring (bicyclic) bond motifs is 1. The summed E-state index contributed by atoms with van der Waals surface area (Å²) in [6, 6.07) is 22.2. The zero-order chi connectivity index (χ0) is 23.2. The molecule has 0 spiro atoms. The fourth-order valence-corrected chi connectivity index (χ4v) is 3.44. The molecule has 0 unspecified atom stereocenters. The van der Waals surface area contributed by atoms with E-state index in [-0.39, 0.29) is 11.9 Å². The first-order valence-electron chi connectivity index (χ1n) is 10.7. The number of anilines is 2. The summed E-state index contributed by atoms with van der Waals surface area (Å²) in [6.07, 6.45) is 0.782. The van der Waals surface area contributed by atoms with Gasteiger partial charge in [-0.3, -0.25) is 4.79 Å². The lowest BCUT2D eigenvalue weighted by Gasteiger charge is -2.12. The number of ether oxygens (including phenoxy) is 1. The molecule has 0 aliphatic carbocycles. The van der Waals surface area contributed by atoms with Crippen LogP contribution in [0.1, 0.15) is 34.1 Å². The van der Waals surface area contributed by atoms with E-state index in [1.165, 1.54) is 0 Å². The van der Waals surface area contributed by atoms with Gasteiger partial charge in [0.25, 0.3) is 5.91 Å². The molecule has 166 valence electrons. The highest BCUT2D eigenvalue weighted by atomic mass is 16.5. The summed E-state index contributed by atoms with van der Waals surface area (Å²) in [6.45, 7) is 2.36. The summed E-state index contributed by atoms with van der Waals surface area (Å²) >= 11 is 0. The van der Waals surface area contributed by atoms with E-state index in [2.05, 4.69) is 20.8 Å². The predicted molar refractivity (Wildman–Crippen MR) is 129 cm³/mol. The first-order chi connectivity index (χ1) is 16.1. The lowest BCUT2D eigenvalue weighted by molar-refractivity contribution is 0.0505. The molecule has 0 bridgehead atoms. The third kappa shape index (κ3) is 4.82. The van der Waals surface area contributed by atoms with Crippen LogP contribution in [-0.4, -0.2) is 35.7 Å². The Labute approximate surface area is 191 Å². The summed E-state index contributed by atoms with van der Waals surface area (Å²) in [4.78, 5) is 23.8. The number of carbonyl (C=O) groups is 2. The molecule has 0 saturated carbocycles. The van der Waals surface area contributed by atoms with Crippen LogP contribution in [0.15, 0.2) is 72.8 Å². The van der Waals surface area contributed by atoms with Crippen LogP contribution < -0.4 is 10.6 Å². The first-order valence-corrected chi connectivity index (χ1v) is 10.7. The maximum Gasteiger partial charge on any atom is 0.338 e. The van der Waals surface area contributed by atoms with E-state index in [1.807, 2.05) is 55.5 Å². The van der Waals surface area contributed by atoms with Crippen LogP contribution >= 0.6 is 0 Å². The monoisotopic (exact) mass is 440 g/mol. The van der Waals surface area contributed by atoms with Crippen LogP contribution in [0.4, 0.5) is 11.5 Å². The van der Waals surface area contributed by atoms with Crippen molar-refractivity contribution in [2.75, 3.05) is 19.0 Å². The summed E-state index contributed by atoms with van der Waals surface area (Å²) in [7, 11) is 1.60. The second-order valence-electron chi connectivity index (χ2n) is 7.44. The Balaban J connectivity index is 1.63. The molecule has 1 amide bonds. The van der Waals surface area contributed by atoms with Gasteiger partial charge in [-0.05, 0) is 42.8 Å². The molecule has 4 rings (SSSR count). The Morgan fingerprint density at radius 1 is 0.848 bits per heavy atom. The zero-order valence-corrected chi connectivity index (χ0v) is 18.5. The fraction of sp³-hybridized carbons (Fsp3) is 0.154. The van der Waals surface area contributed by atoms with Crippen LogP contribution in [-0.2, 0) is 4.74 Å². The molecule has 0 saturated heterocycles. The number of carbonyl (C=O) groups excluding carboxylic acids is 2. The largest absolute Gasteiger partial charge is 0.462 e. The van der Waals surface area contributed by atoms with Crippen molar-refractivity contribution in [3.05, 3.63) is 83.9 Å². The molecule has 0 fully saturated rings. The van der Waals surface area contributed by atoms with Gasteiger partial charge >= 0.3 is 5.97 Å². The van der Waals surface area contributed by atoms with Crippen molar-refractivity contribution in [3.63, 3.8) is 0 Å². The molecular formula is C26H24N4O3. The van der Waals surface area contributed by atoms with Crippen LogP contribution in [0.25, 0.3) is 22.0 Å². The van der Waals surface area contributed by atoms with E-state index in [9.17, 15) is 9.59 Å². The predicted octanol–water partition coefficient (Wildman–Crippen LogP) is 4.97. The number of hydrogen-bond donors (Lipinski definition) is 2. The van der Waals surface area contributed by atoms with E-state index in [0.29, 0.717) is 23.6 Å². The van der Waals surface area contributed by atoms with Crippen molar-refractivity contribution < 1.29 is 14.3 Å². The van der Waals surface area contributed by atoms with Crippen molar-refractivity contribution in [2.45, 2.75) is 13.3 Å². The molecule has 3 aromatic carbocycles. The van der Waals surface area contributed by atoms with Gasteiger partial charge < -0.3 is 15.4 Å². The number of benzene rings is 3. The van der Waals surface area contributed by atoms with Gasteiger partial charge in [-0.2, -0.15) is 0 Å². The maximum absolute atomic E-state index is 12.1. The van der Waals surface area contributed by atoms with Crippen LogP contribution in [0.5, 0.6) is 0 Å². The second-order valence-corrected chi connectivity index (χ2v) is 7.44. The molecule has 7 heteroatoms. The summed E-state index contributed by atoms with van der Waals surface area (Å²) in [5.41, 5.74) is 3.45. The molecule has 0 aliphatic heterocycles. The topological polar surface area (TPSA) is 93.2 Å². The number of nitrogens with zero attached hydrogens (tertiary/aromatic N) is 2. The molecule has 33 heavy (non-hydrogen) atoms. The number of esters is 1. The number of nitrogens with one attached hydrogen (secondary N) is 2. The molecule has 2 N–H and O–H groups in total. The highest BCUT2D eigenvalue weighted by Gasteiger charge is 2.13. The highest BCUT2D eigenvalue weighted by molar-refractivity contribution is 6.01. The van der Waals surface area contributed by atoms with Gasteiger partial charge in [-0.1, -0.05) is 43.3 Å². The third-order valence-corrected chi connectivity index (χ3v) is 5.16. The minimum Gasteiger partial charge on any atom is -0.462 e. The van der Waals surface area contributed by atoms with E-state index in [4.69, 9.17) is 4.74 Å². The minimum absolute atomic E-state index is 0.138. The Morgan fingerprint density at radius 2 is 1.52 bits per heavy atom. The van der Waals surface area contributed by atoms with Gasteiger partial charge in [0.1, 0.15) is 5.69 Å². The van der Waals surface area contributed by atoms with Gasteiger partial charge in [0, 0.05) is 34.6 Å². The molecule has 1 aromatic heterocycles. The quantitative estimate of drug-likeness (QED) is 0.394. The average Bonchev–Trinajstić information content (AvgIpc) is 2.87. The highest BCUT2D eigenvalue weighted by Crippen LogP contribution is 2.31. The Kier molecular flexibility index (Phi) is 6.59. The van der Waals surface area contributed by atoms with Crippen LogP contribution in [0.3, 0.4) is 0 Å². The van der Waals surface area contributed by atoms with Crippen molar-refractivity contribution >= 4 is 34.2 Å². The molecule has 0 radical (unpaired) electrons. The lowest BCUT2D eigenvalue weighted by Crippen LogP contribution is -2.17. The number of rotatable bonds is 7. The van der Waals surface area contributed by atoms with Crippen LogP contribution in [0, 0.1) is 0 Å². The smallest absolute Gasteiger partial charge is 0.338 e. The molecular weight excluding hydrogens is 416 g/mol. The van der Waals surface area contributed by atoms with Gasteiger partial charge in [-0.15, -0.1) is 10.2 Å². The normalized spacial score (nSPS) is 10.6. The number of aromatic nitrogens is 2. The van der Waals surface area contributed by atoms with Crippen molar-refractivity contribution in [1.29, 1.82) is 0 Å². The van der Waals surface area contributed by atoms with Crippen molar-refractivity contribution in [2.24, 2.45) is 0 Å². The summed E-state index contributed by atoms with van der Waals surface area (Å²) in [5.74, 6) is 0.143. The van der Waals surface area contributed by atoms with Crippen molar-refractivity contribution in [1.82, 2.24) is 15.5 Å². The first kappa shape index (κ1) is 22.0. The third-order valence-electron chi connectivity index (χ3n) is 5.16. The molecule has 7 nitrogen and oxygen atoms in total. The summed E-state index contributed by atoms with van der Waals surface area (Å²) < 4.78 is 5.19. The Hall–Kier alpha value is -4.26. The van der Waals surface area contributed by atoms with E-state index in [1.54, 1.807) is 31.3 Å². The molecule has 0 atom stereocenters. The Morgan fingerprint density at radius 3 is 2.18 bits per heavy atom. The molecule has 1 heterocycles. The summed E-state index contributed by atoms with van der Waals surface area (Å²) in [5, 5.41) is 16.6. The number of amides is 1. The number of hydrogen-bond acceptors (Lipinski definition) is 6. The SMILES string of the molecule is CCCOC(=O)c1ccc(-c2nnc(Nc3ccc(C(=O)NC)cc3)c3ccccc23)cc1. The van der Waals surface area contributed by atoms with Gasteiger partial charge in [0.05, 0.1) is 12.2 Å². The standard InChI is InChI=1S/C26H24N4O3/c1-3-16-33-26(32)19-10-8-17(9-11-19)23-21-6-4-5-7-22(21)24(30-29-23)28-20-14-12-18(13-15-20)25(31)27-2/h4-15H,3,16H2,1-2H3,(H,27,31)(H,28,30). The molecule has 0 aliphatic rings. The molecule has 4 aromatic rings. The van der Waals surface area contributed by atoms with Crippen LogP contribution in [0.2, 0.25) is 0 Å². The van der Waals surface area contributed by atoms with Gasteiger partial charge in [0.15, 0.2) is 5.82 Å². The minimum atomic E-state index is -0.332. The second kappa shape index (κ2) is 9.91. The van der Waals surface area contributed by atoms with Crippen molar-refractivity contribution in [3.8, 4) is 11.3 Å².